The molecule has 2 saturated carbocycles. The van der Waals surface area contributed by atoms with Gasteiger partial charge in [-0.2, -0.15) is 0 Å². The van der Waals surface area contributed by atoms with Crippen LogP contribution in [0.2, 0.25) is 0 Å². The van der Waals surface area contributed by atoms with Crippen LogP contribution < -0.4 is 4.74 Å². The monoisotopic (exact) mass is 397 g/mol. The van der Waals surface area contributed by atoms with Crippen LogP contribution in [0.1, 0.15) is 81.8 Å². The first-order valence-electron chi connectivity index (χ1n) is 11.9. The SMILES string of the molecule is CN(C)CCCCCCOc1ccc2c(c1)CC[C@H]1[C@@H]2CC[C@@]2(C)C(=O)CC[C@@H]12. The number of carbonyl (C=O) groups is 1. The molecule has 0 unspecified atom stereocenters. The van der Waals surface area contributed by atoms with Gasteiger partial charge in [0, 0.05) is 11.8 Å². The van der Waals surface area contributed by atoms with Crippen LogP contribution in [-0.4, -0.2) is 37.9 Å². The Hall–Kier alpha value is -1.35. The van der Waals surface area contributed by atoms with E-state index in [4.69, 9.17) is 4.74 Å². The lowest BCUT2D eigenvalue weighted by molar-refractivity contribution is -0.129. The summed E-state index contributed by atoms with van der Waals surface area (Å²) in [6.07, 6.45) is 11.6. The number of aryl methyl sites for hydroxylation is 1. The van der Waals surface area contributed by atoms with E-state index in [0.717, 1.165) is 44.5 Å². The summed E-state index contributed by atoms with van der Waals surface area (Å²) in [7, 11) is 4.28. The molecular weight excluding hydrogens is 358 g/mol. The molecule has 4 rings (SSSR count). The van der Waals surface area contributed by atoms with E-state index in [-0.39, 0.29) is 5.41 Å². The first kappa shape index (κ1) is 20.9. The zero-order chi connectivity index (χ0) is 20.4. The molecule has 0 spiro atoms. The number of rotatable bonds is 8. The molecule has 1 aromatic carbocycles. The number of Topliss-reactive ketones (excluding diaryl/α,β-unsaturated/α-hetero) is 1. The fourth-order valence-corrected chi connectivity index (χ4v) is 6.49. The quantitative estimate of drug-likeness (QED) is 0.534. The van der Waals surface area contributed by atoms with Crippen molar-refractivity contribution in [1.82, 2.24) is 4.90 Å². The molecule has 160 valence electrons. The van der Waals surface area contributed by atoms with Crippen molar-refractivity contribution in [2.24, 2.45) is 17.3 Å². The van der Waals surface area contributed by atoms with Crippen LogP contribution in [0.15, 0.2) is 18.2 Å². The minimum absolute atomic E-state index is 0.0196. The van der Waals surface area contributed by atoms with Gasteiger partial charge in [0.15, 0.2) is 0 Å². The largest absolute Gasteiger partial charge is 0.494 e. The van der Waals surface area contributed by atoms with Crippen molar-refractivity contribution in [2.45, 2.75) is 77.0 Å². The summed E-state index contributed by atoms with van der Waals surface area (Å²) in [6.45, 7) is 4.27. The number of hydrogen-bond acceptors (Lipinski definition) is 3. The molecule has 0 saturated heterocycles. The Balaban J connectivity index is 1.31. The third-order valence-corrected chi connectivity index (χ3v) is 8.18. The lowest BCUT2D eigenvalue weighted by Crippen LogP contribution is -2.42. The number of carbonyl (C=O) groups excluding carboxylic acids is 1. The van der Waals surface area contributed by atoms with Gasteiger partial charge in [0.2, 0.25) is 0 Å². The van der Waals surface area contributed by atoms with Crippen LogP contribution in [0.25, 0.3) is 0 Å². The van der Waals surface area contributed by atoms with Gasteiger partial charge in [-0.05, 0) is 107 Å². The van der Waals surface area contributed by atoms with Crippen molar-refractivity contribution < 1.29 is 9.53 Å². The predicted molar refractivity (Wildman–Crippen MR) is 119 cm³/mol. The van der Waals surface area contributed by atoms with E-state index in [0.29, 0.717) is 23.5 Å². The smallest absolute Gasteiger partial charge is 0.139 e. The van der Waals surface area contributed by atoms with Crippen LogP contribution in [0.3, 0.4) is 0 Å². The molecule has 3 aliphatic carbocycles. The van der Waals surface area contributed by atoms with E-state index < -0.39 is 0 Å². The van der Waals surface area contributed by atoms with E-state index in [2.05, 4.69) is 44.1 Å². The molecular formula is C26H39NO2. The molecule has 0 aliphatic heterocycles. The fraction of sp³-hybridized carbons (Fsp3) is 0.731. The zero-order valence-corrected chi connectivity index (χ0v) is 18.7. The number of unbranched alkanes of at least 4 members (excludes halogenated alkanes) is 3. The van der Waals surface area contributed by atoms with Crippen LogP contribution in [0.4, 0.5) is 0 Å². The third-order valence-electron chi connectivity index (χ3n) is 8.18. The average Bonchev–Trinajstić information content (AvgIpc) is 3.01. The molecule has 0 radical (unpaired) electrons. The highest BCUT2D eigenvalue weighted by Crippen LogP contribution is 2.59. The van der Waals surface area contributed by atoms with E-state index >= 15 is 0 Å². The second kappa shape index (κ2) is 8.79. The van der Waals surface area contributed by atoms with Crippen LogP contribution >= 0.6 is 0 Å². The maximum Gasteiger partial charge on any atom is 0.139 e. The topological polar surface area (TPSA) is 29.5 Å². The standard InChI is InChI=1S/C26H39NO2/c1-26-15-14-22-21-11-9-20(29-17-7-5-4-6-16-27(2)3)18-19(21)8-10-23(22)24(26)12-13-25(26)28/h9,11,18,22-24H,4-8,10,12-17H2,1-3H3/t22-,23+,24+,26-/m1/s1. The van der Waals surface area contributed by atoms with E-state index in [9.17, 15) is 4.79 Å². The van der Waals surface area contributed by atoms with Crippen molar-refractivity contribution in [2.75, 3.05) is 27.2 Å². The van der Waals surface area contributed by atoms with E-state index in [1.807, 2.05) is 0 Å². The maximum atomic E-state index is 12.5. The highest BCUT2D eigenvalue weighted by molar-refractivity contribution is 5.87. The van der Waals surface area contributed by atoms with Gasteiger partial charge in [0.05, 0.1) is 6.61 Å². The molecule has 0 heterocycles. The van der Waals surface area contributed by atoms with Crippen LogP contribution in [-0.2, 0) is 11.2 Å². The van der Waals surface area contributed by atoms with Gasteiger partial charge in [0.25, 0.3) is 0 Å². The summed E-state index contributed by atoms with van der Waals surface area (Å²) >= 11 is 0. The Labute approximate surface area is 177 Å². The zero-order valence-electron chi connectivity index (χ0n) is 18.7. The second-order valence-electron chi connectivity index (χ2n) is 10.3. The molecule has 0 N–H and O–H groups in total. The maximum absolute atomic E-state index is 12.5. The van der Waals surface area contributed by atoms with Crippen LogP contribution in [0, 0.1) is 17.3 Å². The van der Waals surface area contributed by atoms with Crippen molar-refractivity contribution in [1.29, 1.82) is 0 Å². The summed E-state index contributed by atoms with van der Waals surface area (Å²) < 4.78 is 6.08. The number of ketones is 1. The minimum atomic E-state index is -0.0196. The summed E-state index contributed by atoms with van der Waals surface area (Å²) in [6, 6.07) is 6.85. The van der Waals surface area contributed by atoms with Gasteiger partial charge in [-0.15, -0.1) is 0 Å². The highest BCUT2D eigenvalue weighted by atomic mass is 16.5. The Morgan fingerprint density at radius 3 is 2.72 bits per heavy atom. The van der Waals surface area contributed by atoms with Crippen molar-refractivity contribution in [3.8, 4) is 5.75 Å². The average molecular weight is 398 g/mol. The van der Waals surface area contributed by atoms with Crippen molar-refractivity contribution >= 4 is 5.78 Å². The molecule has 0 amide bonds. The van der Waals surface area contributed by atoms with Gasteiger partial charge in [-0.1, -0.05) is 25.8 Å². The van der Waals surface area contributed by atoms with E-state index in [1.54, 1.807) is 5.56 Å². The van der Waals surface area contributed by atoms with Gasteiger partial charge in [-0.25, -0.2) is 0 Å². The Bertz CT molecular complexity index is 727. The predicted octanol–water partition coefficient (Wildman–Crippen LogP) is 5.61. The molecule has 3 heteroatoms. The summed E-state index contributed by atoms with van der Waals surface area (Å²) in [5.41, 5.74) is 3.04. The summed E-state index contributed by atoms with van der Waals surface area (Å²) in [5.74, 6) is 3.57. The molecule has 1 aromatic rings. The second-order valence-corrected chi connectivity index (χ2v) is 10.3. The third kappa shape index (κ3) is 4.26. The van der Waals surface area contributed by atoms with Gasteiger partial charge < -0.3 is 9.64 Å². The van der Waals surface area contributed by atoms with Gasteiger partial charge >= 0.3 is 0 Å². The van der Waals surface area contributed by atoms with Gasteiger partial charge in [-0.3, -0.25) is 4.79 Å². The first-order valence-corrected chi connectivity index (χ1v) is 11.9. The molecule has 2 fully saturated rings. The molecule has 0 bridgehead atoms. The first-order chi connectivity index (χ1) is 14.0. The molecule has 0 aromatic heterocycles. The van der Waals surface area contributed by atoms with Crippen molar-refractivity contribution in [3.63, 3.8) is 0 Å². The molecule has 29 heavy (non-hydrogen) atoms. The number of fused-ring (bicyclic) bond motifs is 5. The molecule has 3 aliphatic rings. The Morgan fingerprint density at radius 1 is 1.07 bits per heavy atom. The summed E-state index contributed by atoms with van der Waals surface area (Å²) in [5, 5.41) is 0. The number of benzene rings is 1. The molecule has 3 nitrogen and oxygen atoms in total. The normalized spacial score (nSPS) is 30.8. The lowest BCUT2D eigenvalue weighted by atomic mass is 9.55. The Kier molecular flexibility index (Phi) is 6.34. The number of nitrogens with zero attached hydrogens (tertiary/aromatic N) is 1. The molecule has 4 atom stereocenters. The van der Waals surface area contributed by atoms with E-state index in [1.165, 1.54) is 44.2 Å². The number of ether oxygens (including phenoxy) is 1. The highest BCUT2D eigenvalue weighted by Gasteiger charge is 2.54. The number of hydrogen-bond donors (Lipinski definition) is 0. The lowest BCUT2D eigenvalue weighted by Gasteiger charge is -2.48. The fourth-order valence-electron chi connectivity index (χ4n) is 6.49. The van der Waals surface area contributed by atoms with Crippen molar-refractivity contribution in [3.05, 3.63) is 29.3 Å². The van der Waals surface area contributed by atoms with Gasteiger partial charge in [0.1, 0.15) is 11.5 Å². The summed E-state index contributed by atoms with van der Waals surface area (Å²) in [4.78, 5) is 14.7. The van der Waals surface area contributed by atoms with Crippen LogP contribution in [0.5, 0.6) is 5.75 Å². The Morgan fingerprint density at radius 2 is 1.90 bits per heavy atom. The minimum Gasteiger partial charge on any atom is -0.494 e.